The number of aromatic nitrogens is 4. The number of nitrogens with zero attached hydrogens (tertiary/aromatic N) is 3. The number of imidazole rings is 1. The highest BCUT2D eigenvalue weighted by molar-refractivity contribution is 5.89. The summed E-state index contributed by atoms with van der Waals surface area (Å²) in [5.74, 6) is -1.11. The zero-order valence-electron chi connectivity index (χ0n) is 16.0. The second-order valence-electron chi connectivity index (χ2n) is 6.54. The molecule has 0 fully saturated rings. The summed E-state index contributed by atoms with van der Waals surface area (Å²) in [7, 11) is 0. The van der Waals surface area contributed by atoms with Crippen molar-refractivity contribution in [1.29, 1.82) is 0 Å². The number of hydrogen-bond acceptors (Lipinski definition) is 5. The smallest absolute Gasteiger partial charge is 0.425 e. The van der Waals surface area contributed by atoms with Gasteiger partial charge in [-0.3, -0.25) is 0 Å². The van der Waals surface area contributed by atoms with E-state index in [4.69, 9.17) is 4.52 Å². The monoisotopic (exact) mass is 478 g/mol. The number of H-pyrrole nitrogens is 1. The van der Waals surface area contributed by atoms with Crippen LogP contribution in [0.4, 0.5) is 26.3 Å². The highest BCUT2D eigenvalue weighted by Crippen LogP contribution is 2.40. The number of rotatable bonds is 4. The van der Waals surface area contributed by atoms with E-state index >= 15 is 0 Å². The normalized spacial score (nSPS) is 13.1. The maximum atomic E-state index is 13.5. The van der Waals surface area contributed by atoms with Crippen LogP contribution in [0.5, 0.6) is 5.75 Å². The lowest BCUT2D eigenvalue weighted by Crippen LogP contribution is -2.31. The number of fused-ring (bicyclic) bond motifs is 1. The van der Waals surface area contributed by atoms with E-state index in [1.807, 2.05) is 0 Å². The standard InChI is InChI=1S/C19H12F6N4O2.ClH/c1-9(18(20,21)22)30-14-6-5-10(7-12(14)19(23,24)25)17-28-16(29-31-17)11-3-2-4-13-15(11)27-8-26-13;/h2-9H,1H3,(H,26,27);1H. The fraction of sp³-hybridized carbons (Fsp3) is 0.211. The minimum atomic E-state index is -4.97. The number of ether oxygens (including phenoxy) is 1. The van der Waals surface area contributed by atoms with Crippen molar-refractivity contribution in [3.63, 3.8) is 0 Å². The largest absolute Gasteiger partial charge is 0.481 e. The maximum absolute atomic E-state index is 13.5. The number of hydrogen-bond donors (Lipinski definition) is 1. The van der Waals surface area contributed by atoms with Crippen molar-refractivity contribution in [2.24, 2.45) is 0 Å². The molecule has 1 N–H and O–H groups in total. The lowest BCUT2D eigenvalue weighted by molar-refractivity contribution is -0.191. The van der Waals surface area contributed by atoms with Crippen LogP contribution in [0.3, 0.4) is 0 Å². The van der Waals surface area contributed by atoms with Gasteiger partial charge in [-0.1, -0.05) is 11.2 Å². The number of para-hydroxylation sites is 1. The molecule has 0 saturated carbocycles. The summed E-state index contributed by atoms with van der Waals surface area (Å²) >= 11 is 0. The van der Waals surface area contributed by atoms with Gasteiger partial charge < -0.3 is 14.2 Å². The van der Waals surface area contributed by atoms with Crippen molar-refractivity contribution in [1.82, 2.24) is 20.1 Å². The maximum Gasteiger partial charge on any atom is 0.425 e. The number of alkyl halides is 6. The Kier molecular flexibility index (Phi) is 6.09. The average molecular weight is 479 g/mol. The van der Waals surface area contributed by atoms with Gasteiger partial charge in [0.2, 0.25) is 5.82 Å². The first-order valence-electron chi connectivity index (χ1n) is 8.75. The van der Waals surface area contributed by atoms with E-state index in [1.54, 1.807) is 18.2 Å². The van der Waals surface area contributed by atoms with Crippen LogP contribution in [0.1, 0.15) is 12.5 Å². The Hall–Kier alpha value is -3.28. The molecule has 1 atom stereocenters. The molecule has 0 bridgehead atoms. The van der Waals surface area contributed by atoms with E-state index in [0.717, 1.165) is 12.1 Å². The van der Waals surface area contributed by atoms with Crippen molar-refractivity contribution in [3.8, 4) is 28.6 Å². The number of benzene rings is 2. The van der Waals surface area contributed by atoms with Crippen LogP contribution in [0.2, 0.25) is 0 Å². The first-order valence-corrected chi connectivity index (χ1v) is 8.75. The number of nitrogens with one attached hydrogen (secondary N) is 1. The van der Waals surface area contributed by atoms with Crippen LogP contribution < -0.4 is 4.74 Å². The van der Waals surface area contributed by atoms with Crippen LogP contribution in [-0.2, 0) is 6.18 Å². The van der Waals surface area contributed by atoms with Crippen LogP contribution in [-0.4, -0.2) is 32.4 Å². The van der Waals surface area contributed by atoms with Crippen molar-refractivity contribution >= 4 is 23.4 Å². The van der Waals surface area contributed by atoms with E-state index < -0.39 is 29.8 Å². The van der Waals surface area contributed by atoms with Crippen LogP contribution in [0.25, 0.3) is 33.9 Å². The van der Waals surface area contributed by atoms with Gasteiger partial charge in [0.25, 0.3) is 5.89 Å². The van der Waals surface area contributed by atoms with Crippen LogP contribution in [0.15, 0.2) is 47.2 Å². The third-order valence-corrected chi connectivity index (χ3v) is 4.41. The van der Waals surface area contributed by atoms with Crippen LogP contribution >= 0.6 is 12.4 Å². The van der Waals surface area contributed by atoms with E-state index in [9.17, 15) is 26.3 Å². The molecule has 0 radical (unpaired) electrons. The summed E-state index contributed by atoms with van der Waals surface area (Å²) in [6, 6.07) is 7.64. The zero-order valence-corrected chi connectivity index (χ0v) is 16.8. The Morgan fingerprint density at radius 1 is 1.06 bits per heavy atom. The topological polar surface area (TPSA) is 76.8 Å². The van der Waals surface area contributed by atoms with E-state index in [2.05, 4.69) is 24.8 Å². The Morgan fingerprint density at radius 3 is 2.50 bits per heavy atom. The highest BCUT2D eigenvalue weighted by atomic mass is 35.5. The molecule has 13 heteroatoms. The molecule has 0 aliphatic rings. The average Bonchev–Trinajstić information content (AvgIpc) is 3.36. The first kappa shape index (κ1) is 23.4. The van der Waals surface area contributed by atoms with Gasteiger partial charge in [0.15, 0.2) is 6.10 Å². The van der Waals surface area contributed by atoms with Gasteiger partial charge >= 0.3 is 12.4 Å². The van der Waals surface area contributed by atoms with Gasteiger partial charge in [0.05, 0.1) is 28.5 Å². The lowest BCUT2D eigenvalue weighted by atomic mass is 10.1. The molecule has 1 unspecified atom stereocenters. The molecule has 0 spiro atoms. The SMILES string of the molecule is CC(Oc1ccc(-c2nc(-c3cccc4[nH]cnc34)no2)cc1C(F)(F)F)C(F)(F)F.Cl. The highest BCUT2D eigenvalue weighted by Gasteiger charge is 2.41. The van der Waals surface area contributed by atoms with E-state index in [-0.39, 0.29) is 29.7 Å². The molecule has 0 aliphatic heterocycles. The second-order valence-corrected chi connectivity index (χ2v) is 6.54. The molecular weight excluding hydrogens is 466 g/mol. The molecule has 32 heavy (non-hydrogen) atoms. The number of halogens is 7. The fourth-order valence-electron chi connectivity index (χ4n) is 2.84. The molecule has 0 amide bonds. The van der Waals surface area contributed by atoms with Gasteiger partial charge in [-0.05, 0) is 37.3 Å². The molecule has 2 aromatic heterocycles. The van der Waals surface area contributed by atoms with Crippen molar-refractivity contribution < 1.29 is 35.6 Å². The van der Waals surface area contributed by atoms with Crippen molar-refractivity contribution in [2.45, 2.75) is 25.4 Å². The summed E-state index contributed by atoms with van der Waals surface area (Å²) in [5, 5.41) is 3.79. The Bertz CT molecular complexity index is 1230. The van der Waals surface area contributed by atoms with Gasteiger partial charge in [-0.15, -0.1) is 12.4 Å². The van der Waals surface area contributed by atoms with Gasteiger partial charge in [0.1, 0.15) is 5.75 Å². The Balaban J connectivity index is 0.00000289. The lowest BCUT2D eigenvalue weighted by Gasteiger charge is -2.20. The molecule has 4 aromatic rings. The quantitative estimate of drug-likeness (QED) is 0.361. The molecular formula is C19H13ClF6N4O2. The summed E-state index contributed by atoms with van der Waals surface area (Å²) in [6.07, 6.45) is -10.8. The molecule has 0 aliphatic carbocycles. The number of aromatic amines is 1. The van der Waals surface area contributed by atoms with Crippen molar-refractivity contribution in [2.75, 3.05) is 0 Å². The van der Waals surface area contributed by atoms with Crippen LogP contribution in [0, 0.1) is 0 Å². The molecule has 6 nitrogen and oxygen atoms in total. The van der Waals surface area contributed by atoms with Gasteiger partial charge in [-0.2, -0.15) is 31.3 Å². The van der Waals surface area contributed by atoms with E-state index in [0.29, 0.717) is 29.6 Å². The molecule has 2 aromatic carbocycles. The molecule has 0 saturated heterocycles. The molecule has 2 heterocycles. The molecule has 4 rings (SSSR count). The summed E-state index contributed by atoms with van der Waals surface area (Å²) in [6.45, 7) is 0.619. The Labute approximate surface area is 182 Å². The fourth-order valence-corrected chi connectivity index (χ4v) is 2.84. The zero-order chi connectivity index (χ0) is 22.4. The first-order chi connectivity index (χ1) is 14.5. The van der Waals surface area contributed by atoms with Crippen molar-refractivity contribution in [3.05, 3.63) is 48.3 Å². The second kappa shape index (κ2) is 8.34. The summed E-state index contributed by atoms with van der Waals surface area (Å²) in [4.78, 5) is 11.2. The predicted molar refractivity (Wildman–Crippen MR) is 103 cm³/mol. The van der Waals surface area contributed by atoms with Gasteiger partial charge in [-0.25, -0.2) is 4.98 Å². The van der Waals surface area contributed by atoms with E-state index in [1.165, 1.54) is 6.33 Å². The molecule has 170 valence electrons. The third-order valence-electron chi connectivity index (χ3n) is 4.41. The minimum absolute atomic E-state index is 0. The predicted octanol–water partition coefficient (Wildman–Crippen LogP) is 6.05. The Morgan fingerprint density at radius 2 is 1.81 bits per heavy atom. The minimum Gasteiger partial charge on any atom is -0.481 e. The third kappa shape index (κ3) is 4.49. The summed E-state index contributed by atoms with van der Waals surface area (Å²) in [5.41, 5.74) is 0.200. The summed E-state index contributed by atoms with van der Waals surface area (Å²) < 4.78 is 88.1. The van der Waals surface area contributed by atoms with Gasteiger partial charge in [0, 0.05) is 5.56 Å².